The highest BCUT2D eigenvalue weighted by Crippen LogP contribution is 2.22. The lowest BCUT2D eigenvalue weighted by Crippen LogP contribution is -2.45. The van der Waals surface area contributed by atoms with Gasteiger partial charge in [0.15, 0.2) is 16.6 Å². The molecule has 0 radical (unpaired) electrons. The average Bonchev–Trinajstić information content (AvgIpc) is 1.97. The third-order valence-corrected chi connectivity index (χ3v) is 10.8. The predicted octanol–water partition coefficient (Wildman–Crippen LogP) is 2.68. The third kappa shape index (κ3) is 8.66. The molecular weight excluding hydrogens is 252 g/mol. The first-order valence-electron chi connectivity index (χ1n) is 6.01. The highest BCUT2D eigenvalue weighted by molar-refractivity contribution is 6.81. The van der Waals surface area contributed by atoms with Gasteiger partial charge in [0.1, 0.15) is 0 Å². The van der Waals surface area contributed by atoms with E-state index in [0.717, 1.165) is 6.42 Å². The first-order chi connectivity index (χ1) is 7.05. The van der Waals surface area contributed by atoms with Gasteiger partial charge in [0.05, 0.1) is 0 Å². The molecule has 98 valence electrons. The van der Waals surface area contributed by atoms with Crippen molar-refractivity contribution in [2.75, 3.05) is 6.61 Å². The largest absolute Gasteiger partial charge is 0.439 e. The van der Waals surface area contributed by atoms with Crippen LogP contribution in [0.2, 0.25) is 44.8 Å². The topological polar surface area (TPSA) is 38.7 Å². The van der Waals surface area contributed by atoms with E-state index in [1.165, 1.54) is 0 Å². The van der Waals surface area contributed by atoms with Crippen LogP contribution in [-0.2, 0) is 8.23 Å². The van der Waals surface area contributed by atoms with Crippen LogP contribution in [0.5, 0.6) is 0 Å². The second-order valence-electron chi connectivity index (χ2n) is 6.32. The second-order valence-corrected chi connectivity index (χ2v) is 18.5. The maximum Gasteiger partial charge on any atom is 0.303 e. The molecule has 16 heavy (non-hydrogen) atoms. The minimum Gasteiger partial charge on any atom is -0.439 e. The lowest BCUT2D eigenvalue weighted by Gasteiger charge is -2.33. The quantitative estimate of drug-likeness (QED) is 0.729. The molecule has 0 aliphatic carbocycles. The Bertz CT molecular complexity index is 182. The highest BCUT2D eigenvalue weighted by Gasteiger charge is 2.32. The van der Waals surface area contributed by atoms with Gasteiger partial charge in [-0.25, -0.2) is 0 Å². The molecule has 0 saturated carbocycles. The van der Waals surface area contributed by atoms with Crippen molar-refractivity contribution in [2.45, 2.75) is 58.2 Å². The number of hydrogen-bond acceptors (Lipinski definition) is 3. The summed E-state index contributed by atoms with van der Waals surface area (Å²) in [7, 11) is -4.70. The molecule has 0 aromatic carbocycles. The van der Waals surface area contributed by atoms with E-state index in [0.29, 0.717) is 5.54 Å². The van der Waals surface area contributed by atoms with Gasteiger partial charge in [-0.2, -0.15) is 0 Å². The van der Waals surface area contributed by atoms with Gasteiger partial charge in [0, 0.05) is 6.61 Å². The van der Waals surface area contributed by atoms with E-state index < -0.39 is 25.9 Å². The highest BCUT2D eigenvalue weighted by atomic mass is 28.4. The molecule has 0 aromatic rings. The molecule has 1 N–H and O–H groups in total. The lowest BCUT2D eigenvalue weighted by atomic mass is 10.3. The van der Waals surface area contributed by atoms with Crippen LogP contribution in [0.1, 0.15) is 13.3 Å². The van der Waals surface area contributed by atoms with Crippen molar-refractivity contribution in [3.8, 4) is 0 Å². The zero-order valence-electron chi connectivity index (χ0n) is 11.8. The predicted molar refractivity (Wildman–Crippen MR) is 77.1 cm³/mol. The molecule has 0 rings (SSSR count). The maximum absolute atomic E-state index is 9.02. The van der Waals surface area contributed by atoms with E-state index in [9.17, 15) is 0 Å². The zero-order chi connectivity index (χ0) is 13.0. The average molecular weight is 281 g/mol. The molecule has 0 aliphatic heterocycles. The summed E-state index contributed by atoms with van der Waals surface area (Å²) in [6, 6.07) is 0. The molecule has 0 amide bonds. The molecule has 6 heteroatoms. The molecule has 1 atom stereocenters. The SMILES string of the molecule is CC(CCO)[SiH](O[Si](C)(C)C)O[Si](C)(C)C. The van der Waals surface area contributed by atoms with Crippen LogP contribution in [0.25, 0.3) is 0 Å². The van der Waals surface area contributed by atoms with Gasteiger partial charge in [-0.05, 0) is 51.2 Å². The molecule has 0 saturated heterocycles. The summed E-state index contributed by atoms with van der Waals surface area (Å²) in [5.41, 5.74) is 0.392. The van der Waals surface area contributed by atoms with E-state index in [1.54, 1.807) is 0 Å². The van der Waals surface area contributed by atoms with Crippen molar-refractivity contribution in [3.05, 3.63) is 0 Å². The van der Waals surface area contributed by atoms with Gasteiger partial charge in [-0.3, -0.25) is 0 Å². The van der Waals surface area contributed by atoms with E-state index in [4.69, 9.17) is 13.3 Å². The summed E-state index contributed by atoms with van der Waals surface area (Å²) in [5, 5.41) is 9.02. The van der Waals surface area contributed by atoms with Gasteiger partial charge in [-0.1, -0.05) is 6.92 Å². The molecule has 0 aliphatic rings. The Balaban J connectivity index is 4.51. The summed E-state index contributed by atoms with van der Waals surface area (Å²) in [4.78, 5) is 0. The van der Waals surface area contributed by atoms with Crippen LogP contribution in [0.15, 0.2) is 0 Å². The van der Waals surface area contributed by atoms with Gasteiger partial charge in [0.2, 0.25) is 0 Å². The maximum atomic E-state index is 9.02. The van der Waals surface area contributed by atoms with Crippen molar-refractivity contribution < 1.29 is 13.3 Å². The van der Waals surface area contributed by atoms with Crippen LogP contribution in [0, 0.1) is 0 Å². The van der Waals surface area contributed by atoms with E-state index in [1.807, 2.05) is 0 Å². The van der Waals surface area contributed by atoms with Crippen molar-refractivity contribution >= 4 is 25.9 Å². The Kier molecular flexibility index (Phi) is 6.67. The second kappa shape index (κ2) is 6.46. The smallest absolute Gasteiger partial charge is 0.303 e. The lowest BCUT2D eigenvalue weighted by molar-refractivity contribution is 0.277. The van der Waals surface area contributed by atoms with Crippen molar-refractivity contribution in [1.82, 2.24) is 0 Å². The van der Waals surface area contributed by atoms with Crippen molar-refractivity contribution in [2.24, 2.45) is 0 Å². The van der Waals surface area contributed by atoms with Crippen molar-refractivity contribution in [1.29, 1.82) is 0 Å². The monoisotopic (exact) mass is 280 g/mol. The van der Waals surface area contributed by atoms with Gasteiger partial charge in [-0.15, -0.1) is 0 Å². The molecule has 0 fully saturated rings. The molecule has 0 aromatic heterocycles. The Morgan fingerprint density at radius 2 is 1.38 bits per heavy atom. The molecule has 0 spiro atoms. The molecular formula is C10H28O3Si3. The first kappa shape index (κ1) is 16.5. The summed E-state index contributed by atoms with van der Waals surface area (Å²) in [5.74, 6) is 0. The minimum absolute atomic E-state index is 0.231. The molecule has 0 bridgehead atoms. The fourth-order valence-electron chi connectivity index (χ4n) is 1.29. The normalized spacial score (nSPS) is 15.6. The zero-order valence-corrected chi connectivity index (χ0v) is 15.0. The number of hydrogen-bond donors (Lipinski definition) is 1. The fraction of sp³-hybridized carbons (Fsp3) is 1.00. The number of aliphatic hydroxyl groups is 1. The fourth-order valence-corrected chi connectivity index (χ4v) is 9.77. The van der Waals surface area contributed by atoms with Crippen LogP contribution in [-0.4, -0.2) is 37.6 Å². The number of aliphatic hydroxyl groups excluding tert-OH is 1. The Labute approximate surface area is 104 Å². The third-order valence-electron chi connectivity index (χ3n) is 1.99. The van der Waals surface area contributed by atoms with E-state index in [2.05, 4.69) is 46.2 Å². The minimum atomic E-state index is -1.63. The van der Waals surface area contributed by atoms with E-state index >= 15 is 0 Å². The van der Waals surface area contributed by atoms with Crippen LogP contribution < -0.4 is 0 Å². The van der Waals surface area contributed by atoms with Gasteiger partial charge < -0.3 is 13.3 Å². The van der Waals surface area contributed by atoms with E-state index in [-0.39, 0.29) is 6.61 Å². The summed E-state index contributed by atoms with van der Waals surface area (Å²) >= 11 is 0. The summed E-state index contributed by atoms with van der Waals surface area (Å²) in [6.45, 7) is 15.6. The Morgan fingerprint density at radius 1 is 1.00 bits per heavy atom. The molecule has 1 unspecified atom stereocenters. The number of rotatable bonds is 7. The molecule has 0 heterocycles. The Hall–Kier alpha value is 0.531. The molecule has 3 nitrogen and oxygen atoms in total. The van der Waals surface area contributed by atoms with Crippen molar-refractivity contribution in [3.63, 3.8) is 0 Å². The van der Waals surface area contributed by atoms with Crippen LogP contribution in [0.3, 0.4) is 0 Å². The van der Waals surface area contributed by atoms with Gasteiger partial charge in [0.25, 0.3) is 0 Å². The van der Waals surface area contributed by atoms with Gasteiger partial charge >= 0.3 is 9.28 Å². The van der Waals surface area contributed by atoms with Crippen LogP contribution >= 0.6 is 0 Å². The summed E-state index contributed by atoms with van der Waals surface area (Å²) < 4.78 is 12.4. The standard InChI is InChI=1S/C10H28O3Si3/c1-10(8-9-11)14(12-15(2,3)4)13-16(5,6)7/h10-11,14H,8-9H2,1-7H3. The first-order valence-corrected chi connectivity index (χ1v) is 14.4. The summed E-state index contributed by atoms with van der Waals surface area (Å²) in [6.07, 6.45) is 0.797. The van der Waals surface area contributed by atoms with Crippen LogP contribution in [0.4, 0.5) is 0 Å². The Morgan fingerprint density at radius 3 is 1.62 bits per heavy atom.